The summed E-state index contributed by atoms with van der Waals surface area (Å²) >= 11 is 5.82. The van der Waals surface area contributed by atoms with Crippen LogP contribution in [-0.2, 0) is 9.59 Å². The summed E-state index contributed by atoms with van der Waals surface area (Å²) in [7, 11) is 0. The molecule has 1 aromatic carbocycles. The number of hydrogen-bond donors (Lipinski definition) is 2. The zero-order chi connectivity index (χ0) is 19.9. The Kier molecular flexibility index (Phi) is 5.33. The lowest BCUT2D eigenvalue weighted by molar-refractivity contribution is -0.147. The zero-order valence-electron chi connectivity index (χ0n) is 15.7. The molecule has 2 atom stereocenters. The molecule has 2 amide bonds. The van der Waals surface area contributed by atoms with Gasteiger partial charge in [0, 0.05) is 37.7 Å². The summed E-state index contributed by atoms with van der Waals surface area (Å²) in [5.41, 5.74) is -0.517. The molecule has 28 heavy (non-hydrogen) atoms. The van der Waals surface area contributed by atoms with Gasteiger partial charge < -0.3 is 20.2 Å². The van der Waals surface area contributed by atoms with E-state index in [1.807, 2.05) is 0 Å². The maximum atomic E-state index is 14.1. The monoisotopic (exact) mass is 409 g/mol. The molecule has 4 rings (SSSR count). The Morgan fingerprint density at radius 3 is 2.39 bits per heavy atom. The second-order valence-electron chi connectivity index (χ2n) is 8.05. The lowest BCUT2D eigenvalue weighted by Gasteiger charge is -2.38. The molecule has 2 N–H and O–H groups in total. The molecule has 152 valence electrons. The van der Waals surface area contributed by atoms with Crippen molar-refractivity contribution in [2.45, 2.75) is 43.2 Å². The fraction of sp³-hybridized carbons (Fsp3) is 0.600. The van der Waals surface area contributed by atoms with Crippen LogP contribution in [0.5, 0.6) is 0 Å². The van der Waals surface area contributed by atoms with Gasteiger partial charge in [0.15, 0.2) is 0 Å². The highest BCUT2D eigenvalue weighted by Gasteiger charge is 2.50. The summed E-state index contributed by atoms with van der Waals surface area (Å²) in [5, 5.41) is 13.6. The van der Waals surface area contributed by atoms with Crippen LogP contribution in [-0.4, -0.2) is 71.1 Å². The number of nitrogens with one attached hydrogen (secondary N) is 1. The Balaban J connectivity index is 1.28. The molecule has 8 heteroatoms. The van der Waals surface area contributed by atoms with Crippen molar-refractivity contribution in [2.24, 2.45) is 0 Å². The molecule has 3 aliphatic rings. The van der Waals surface area contributed by atoms with E-state index >= 15 is 0 Å². The number of piperidine rings is 1. The standard InChI is InChI=1S/C20H25ClFN3O3/c21-14-2-3-15(16(22)11-14)13-1-4-17(23-12-13)18(26)24-7-9-25(10-8-24)19(27)20(28)5-6-20/h2-3,11,13,17,23,28H,1,4-10,12H2. The van der Waals surface area contributed by atoms with Crippen LogP contribution in [0.4, 0.5) is 4.39 Å². The Morgan fingerprint density at radius 1 is 1.14 bits per heavy atom. The average Bonchev–Trinajstić information content (AvgIpc) is 3.46. The molecule has 2 saturated heterocycles. The molecule has 3 fully saturated rings. The first-order chi connectivity index (χ1) is 13.4. The van der Waals surface area contributed by atoms with Crippen LogP contribution >= 0.6 is 11.6 Å². The average molecular weight is 410 g/mol. The van der Waals surface area contributed by atoms with Gasteiger partial charge in [0.2, 0.25) is 5.91 Å². The summed E-state index contributed by atoms with van der Waals surface area (Å²) in [4.78, 5) is 28.5. The first kappa shape index (κ1) is 19.6. The van der Waals surface area contributed by atoms with Crippen molar-refractivity contribution in [1.29, 1.82) is 0 Å². The molecule has 1 aromatic rings. The molecule has 6 nitrogen and oxygen atoms in total. The minimum atomic E-state index is -1.15. The predicted octanol–water partition coefficient (Wildman–Crippen LogP) is 1.51. The van der Waals surface area contributed by atoms with Gasteiger partial charge in [0.1, 0.15) is 11.4 Å². The Morgan fingerprint density at radius 2 is 1.82 bits per heavy atom. The van der Waals surface area contributed by atoms with E-state index in [1.165, 1.54) is 6.07 Å². The molecule has 1 saturated carbocycles. The smallest absolute Gasteiger partial charge is 0.254 e. The van der Waals surface area contributed by atoms with E-state index in [0.717, 1.165) is 6.42 Å². The van der Waals surface area contributed by atoms with Crippen molar-refractivity contribution < 1.29 is 19.1 Å². The molecule has 2 aliphatic heterocycles. The zero-order valence-corrected chi connectivity index (χ0v) is 16.4. The van der Waals surface area contributed by atoms with E-state index in [1.54, 1.807) is 21.9 Å². The Bertz CT molecular complexity index is 770. The second kappa shape index (κ2) is 7.61. The predicted molar refractivity (Wildman–Crippen MR) is 103 cm³/mol. The van der Waals surface area contributed by atoms with Crippen molar-refractivity contribution >= 4 is 23.4 Å². The number of hydrogen-bond acceptors (Lipinski definition) is 4. The third kappa shape index (κ3) is 3.88. The van der Waals surface area contributed by atoms with Crippen molar-refractivity contribution in [3.05, 3.63) is 34.6 Å². The van der Waals surface area contributed by atoms with Gasteiger partial charge in [-0.15, -0.1) is 0 Å². The summed E-state index contributed by atoms with van der Waals surface area (Å²) in [5.74, 6) is -0.451. The van der Waals surface area contributed by atoms with Gasteiger partial charge in [0.05, 0.1) is 6.04 Å². The highest BCUT2D eigenvalue weighted by molar-refractivity contribution is 6.30. The summed E-state index contributed by atoms with van der Waals surface area (Å²) < 4.78 is 14.1. The van der Waals surface area contributed by atoms with Gasteiger partial charge in [-0.05, 0) is 49.3 Å². The van der Waals surface area contributed by atoms with Gasteiger partial charge in [-0.3, -0.25) is 9.59 Å². The van der Waals surface area contributed by atoms with Gasteiger partial charge in [-0.25, -0.2) is 4.39 Å². The minimum Gasteiger partial charge on any atom is -0.380 e. The number of aliphatic hydroxyl groups is 1. The topological polar surface area (TPSA) is 72.9 Å². The van der Waals surface area contributed by atoms with Crippen LogP contribution in [0.15, 0.2) is 18.2 Å². The molecule has 2 unspecified atom stereocenters. The summed E-state index contributed by atoms with van der Waals surface area (Å²) in [6.07, 6.45) is 2.44. The number of carbonyl (C=O) groups excluding carboxylic acids is 2. The largest absolute Gasteiger partial charge is 0.380 e. The van der Waals surface area contributed by atoms with Crippen molar-refractivity contribution in [3.8, 4) is 0 Å². The molecule has 2 heterocycles. The van der Waals surface area contributed by atoms with Gasteiger partial charge in [-0.2, -0.15) is 0 Å². The van der Waals surface area contributed by atoms with Gasteiger partial charge >= 0.3 is 0 Å². The van der Waals surface area contributed by atoms with E-state index in [0.29, 0.717) is 62.6 Å². The van der Waals surface area contributed by atoms with E-state index in [2.05, 4.69) is 5.32 Å². The second-order valence-corrected chi connectivity index (χ2v) is 8.49. The lowest BCUT2D eigenvalue weighted by Crippen LogP contribution is -2.57. The number of halogens is 2. The maximum absolute atomic E-state index is 14.1. The number of piperazine rings is 1. The fourth-order valence-corrected chi connectivity index (χ4v) is 4.30. The quantitative estimate of drug-likeness (QED) is 0.793. The van der Waals surface area contributed by atoms with E-state index < -0.39 is 5.60 Å². The summed E-state index contributed by atoms with van der Waals surface area (Å²) in [6.45, 7) is 2.42. The SMILES string of the molecule is O=C(C1CCC(c2ccc(Cl)cc2F)CN1)N1CCN(C(=O)C2(O)CC2)CC1. The van der Waals surface area contributed by atoms with Crippen LogP contribution in [0.3, 0.4) is 0 Å². The minimum absolute atomic E-state index is 0.0232. The summed E-state index contributed by atoms with van der Waals surface area (Å²) in [6, 6.07) is 4.46. The highest BCUT2D eigenvalue weighted by Crippen LogP contribution is 2.37. The lowest BCUT2D eigenvalue weighted by atomic mass is 9.88. The van der Waals surface area contributed by atoms with E-state index in [-0.39, 0.29) is 29.6 Å². The van der Waals surface area contributed by atoms with Crippen LogP contribution in [0, 0.1) is 5.82 Å². The number of nitrogens with zero attached hydrogens (tertiary/aromatic N) is 2. The van der Waals surface area contributed by atoms with Crippen LogP contribution < -0.4 is 5.32 Å². The van der Waals surface area contributed by atoms with Gasteiger partial charge in [-0.1, -0.05) is 17.7 Å². The first-order valence-electron chi connectivity index (χ1n) is 9.86. The normalized spacial score (nSPS) is 26.8. The van der Waals surface area contributed by atoms with E-state index in [4.69, 9.17) is 11.6 Å². The molecule has 0 radical (unpaired) electrons. The number of amides is 2. The van der Waals surface area contributed by atoms with Crippen molar-refractivity contribution in [2.75, 3.05) is 32.7 Å². The third-order valence-corrected chi connectivity index (χ3v) is 6.35. The number of rotatable bonds is 3. The van der Waals surface area contributed by atoms with Crippen molar-refractivity contribution in [1.82, 2.24) is 15.1 Å². The molecule has 1 aliphatic carbocycles. The molecule has 0 aromatic heterocycles. The molecular formula is C20H25ClFN3O3. The molecular weight excluding hydrogens is 385 g/mol. The van der Waals surface area contributed by atoms with Crippen molar-refractivity contribution in [3.63, 3.8) is 0 Å². The van der Waals surface area contributed by atoms with E-state index in [9.17, 15) is 19.1 Å². The van der Waals surface area contributed by atoms with Crippen LogP contribution in [0.25, 0.3) is 0 Å². The Hall–Kier alpha value is -1.70. The molecule has 0 spiro atoms. The fourth-order valence-electron chi connectivity index (χ4n) is 4.14. The van der Waals surface area contributed by atoms with Gasteiger partial charge in [0.25, 0.3) is 5.91 Å². The number of benzene rings is 1. The maximum Gasteiger partial charge on any atom is 0.254 e. The number of carbonyl (C=O) groups is 2. The van der Waals surface area contributed by atoms with Crippen LogP contribution in [0.1, 0.15) is 37.2 Å². The molecule has 0 bridgehead atoms. The van der Waals surface area contributed by atoms with Crippen LogP contribution in [0.2, 0.25) is 5.02 Å². The Labute approximate surface area is 168 Å². The highest BCUT2D eigenvalue weighted by atomic mass is 35.5. The first-order valence-corrected chi connectivity index (χ1v) is 10.2. The third-order valence-electron chi connectivity index (χ3n) is 6.12.